The van der Waals surface area contributed by atoms with Crippen molar-refractivity contribution in [2.24, 2.45) is 11.8 Å². The van der Waals surface area contributed by atoms with Crippen LogP contribution >= 0.6 is 0 Å². The van der Waals surface area contributed by atoms with E-state index in [4.69, 9.17) is 4.74 Å². The molecule has 148 valence electrons. The summed E-state index contributed by atoms with van der Waals surface area (Å²) in [6, 6.07) is 2.19. The van der Waals surface area contributed by atoms with Gasteiger partial charge >= 0.3 is 6.09 Å². The zero-order chi connectivity index (χ0) is 20.0. The number of alkyl carbamates (subject to hydrolysis) is 1. The summed E-state index contributed by atoms with van der Waals surface area (Å²) in [6.45, 7) is 13.5. The van der Waals surface area contributed by atoms with Crippen LogP contribution in [0.1, 0.15) is 54.4 Å². The predicted octanol–water partition coefficient (Wildman–Crippen LogP) is 2.28. The average Bonchev–Trinajstić information content (AvgIpc) is 2.51. The van der Waals surface area contributed by atoms with Crippen LogP contribution in [0.3, 0.4) is 0 Å². The van der Waals surface area contributed by atoms with Crippen LogP contribution in [-0.4, -0.2) is 54.2 Å². The number of nitrogens with one attached hydrogen (secondary N) is 2. The van der Waals surface area contributed by atoms with Gasteiger partial charge in [0.25, 0.3) is 0 Å². The first-order valence-electron chi connectivity index (χ1n) is 9.36. The van der Waals surface area contributed by atoms with Crippen molar-refractivity contribution in [1.29, 1.82) is 5.26 Å². The molecule has 1 saturated heterocycles. The van der Waals surface area contributed by atoms with E-state index >= 15 is 0 Å². The fraction of sp³-hybridized carbons (Fsp3) is 0.842. The first-order chi connectivity index (χ1) is 11.9. The highest BCUT2D eigenvalue weighted by atomic mass is 16.6. The van der Waals surface area contributed by atoms with Crippen molar-refractivity contribution in [3.63, 3.8) is 0 Å². The van der Waals surface area contributed by atoms with E-state index in [2.05, 4.69) is 21.6 Å². The second-order valence-corrected chi connectivity index (χ2v) is 8.64. The topological polar surface area (TPSA) is 94.5 Å². The molecule has 1 aliphatic rings. The predicted molar refractivity (Wildman–Crippen MR) is 100 cm³/mol. The standard InChI is InChI=1S/C19H34N4O3/c1-14(2)19(6,13-20)22-16(24)12-23-9-7-8-15(11-23)10-21-17(25)26-18(3,4)5/h14-15H,7-12H2,1-6H3,(H,21,25)(H,22,24). The maximum Gasteiger partial charge on any atom is 0.407 e. The monoisotopic (exact) mass is 366 g/mol. The third-order valence-corrected chi connectivity index (χ3v) is 4.69. The number of carbonyl (C=O) groups excluding carboxylic acids is 2. The van der Waals surface area contributed by atoms with Gasteiger partial charge in [0, 0.05) is 13.1 Å². The minimum Gasteiger partial charge on any atom is -0.444 e. The van der Waals surface area contributed by atoms with Gasteiger partial charge in [0.2, 0.25) is 5.91 Å². The lowest BCUT2D eigenvalue weighted by atomic mass is 9.90. The van der Waals surface area contributed by atoms with Gasteiger partial charge < -0.3 is 15.4 Å². The molecule has 0 aromatic heterocycles. The van der Waals surface area contributed by atoms with Crippen molar-refractivity contribution in [1.82, 2.24) is 15.5 Å². The number of piperidine rings is 1. The third-order valence-electron chi connectivity index (χ3n) is 4.69. The highest BCUT2D eigenvalue weighted by Crippen LogP contribution is 2.17. The minimum absolute atomic E-state index is 0.0311. The molecule has 0 aromatic rings. The second-order valence-electron chi connectivity index (χ2n) is 8.64. The fourth-order valence-electron chi connectivity index (χ4n) is 2.84. The number of rotatable bonds is 6. The van der Waals surface area contributed by atoms with E-state index in [1.54, 1.807) is 6.92 Å². The number of hydrogen-bond donors (Lipinski definition) is 2. The average molecular weight is 367 g/mol. The zero-order valence-electron chi connectivity index (χ0n) is 17.0. The number of ether oxygens (including phenoxy) is 1. The van der Waals surface area contributed by atoms with Gasteiger partial charge in [-0.15, -0.1) is 0 Å². The van der Waals surface area contributed by atoms with E-state index in [-0.39, 0.29) is 24.3 Å². The van der Waals surface area contributed by atoms with Crippen molar-refractivity contribution in [2.75, 3.05) is 26.2 Å². The van der Waals surface area contributed by atoms with E-state index in [1.165, 1.54) is 0 Å². The summed E-state index contributed by atoms with van der Waals surface area (Å²) in [7, 11) is 0. The van der Waals surface area contributed by atoms with Crippen molar-refractivity contribution in [3.8, 4) is 6.07 Å². The Bertz CT molecular complexity index is 536. The lowest BCUT2D eigenvalue weighted by Gasteiger charge is -2.34. The Labute approximate surface area is 157 Å². The lowest BCUT2D eigenvalue weighted by molar-refractivity contribution is -0.124. The van der Waals surface area contributed by atoms with Gasteiger partial charge in [0.05, 0.1) is 12.6 Å². The molecule has 2 atom stereocenters. The van der Waals surface area contributed by atoms with E-state index in [0.29, 0.717) is 6.54 Å². The first kappa shape index (κ1) is 22.2. The first-order valence-corrected chi connectivity index (χ1v) is 9.36. The summed E-state index contributed by atoms with van der Waals surface area (Å²) >= 11 is 0. The van der Waals surface area contributed by atoms with Gasteiger partial charge in [-0.2, -0.15) is 5.26 Å². The van der Waals surface area contributed by atoms with Crippen LogP contribution in [0.2, 0.25) is 0 Å². The minimum atomic E-state index is -0.857. The lowest BCUT2D eigenvalue weighted by Crippen LogP contribution is -2.53. The Morgan fingerprint density at radius 3 is 2.50 bits per heavy atom. The molecule has 1 aliphatic heterocycles. The molecule has 26 heavy (non-hydrogen) atoms. The summed E-state index contributed by atoms with van der Waals surface area (Å²) in [6.07, 6.45) is 1.58. The summed E-state index contributed by atoms with van der Waals surface area (Å²) in [4.78, 5) is 26.2. The molecule has 2 N–H and O–H groups in total. The van der Waals surface area contributed by atoms with Gasteiger partial charge in [-0.05, 0) is 58.9 Å². The Morgan fingerprint density at radius 1 is 1.31 bits per heavy atom. The maximum absolute atomic E-state index is 12.3. The molecule has 1 rings (SSSR count). The maximum atomic E-state index is 12.3. The van der Waals surface area contributed by atoms with Crippen molar-refractivity contribution < 1.29 is 14.3 Å². The van der Waals surface area contributed by atoms with Crippen LogP contribution in [0.5, 0.6) is 0 Å². The Kier molecular flexibility index (Phi) is 7.88. The van der Waals surface area contributed by atoms with Crippen LogP contribution in [0.4, 0.5) is 4.79 Å². The van der Waals surface area contributed by atoms with Crippen LogP contribution in [0.25, 0.3) is 0 Å². The Hall–Kier alpha value is -1.81. The highest BCUT2D eigenvalue weighted by Gasteiger charge is 2.31. The molecule has 0 bridgehead atoms. The van der Waals surface area contributed by atoms with Gasteiger partial charge in [0.15, 0.2) is 0 Å². The fourth-order valence-corrected chi connectivity index (χ4v) is 2.84. The number of likely N-dealkylation sites (tertiary alicyclic amines) is 1. The van der Waals surface area contributed by atoms with E-state index in [1.807, 2.05) is 34.6 Å². The molecule has 1 heterocycles. The van der Waals surface area contributed by atoms with Crippen LogP contribution in [-0.2, 0) is 9.53 Å². The molecular formula is C19H34N4O3. The summed E-state index contributed by atoms with van der Waals surface area (Å²) in [5.41, 5.74) is -1.37. The SMILES string of the molecule is CC(C)C(C)(C#N)NC(=O)CN1CCCC(CNC(=O)OC(C)(C)C)C1. The van der Waals surface area contributed by atoms with Crippen LogP contribution < -0.4 is 10.6 Å². The van der Waals surface area contributed by atoms with Gasteiger partial charge in [-0.3, -0.25) is 9.69 Å². The van der Waals surface area contributed by atoms with Crippen LogP contribution in [0.15, 0.2) is 0 Å². The molecule has 7 heteroatoms. The molecule has 1 fully saturated rings. The molecule has 2 amide bonds. The summed E-state index contributed by atoms with van der Waals surface area (Å²) in [5.74, 6) is 0.184. The number of amides is 2. The van der Waals surface area contributed by atoms with Crippen molar-refractivity contribution in [3.05, 3.63) is 0 Å². The molecule has 0 spiro atoms. The van der Waals surface area contributed by atoms with E-state index in [0.717, 1.165) is 25.9 Å². The van der Waals surface area contributed by atoms with E-state index in [9.17, 15) is 14.9 Å². The van der Waals surface area contributed by atoms with Crippen molar-refractivity contribution in [2.45, 2.75) is 65.5 Å². The third kappa shape index (κ3) is 7.61. The highest BCUT2D eigenvalue weighted by molar-refractivity contribution is 5.79. The summed E-state index contributed by atoms with van der Waals surface area (Å²) < 4.78 is 5.25. The number of hydrogen-bond acceptors (Lipinski definition) is 5. The zero-order valence-corrected chi connectivity index (χ0v) is 17.0. The number of carbonyl (C=O) groups is 2. The van der Waals surface area contributed by atoms with E-state index < -0.39 is 17.2 Å². The molecule has 0 saturated carbocycles. The second kappa shape index (κ2) is 9.22. The molecule has 0 radical (unpaired) electrons. The normalized spacial score (nSPS) is 20.8. The quantitative estimate of drug-likeness (QED) is 0.752. The molecule has 7 nitrogen and oxygen atoms in total. The Balaban J connectivity index is 2.45. The molecule has 0 aromatic carbocycles. The van der Waals surface area contributed by atoms with Gasteiger partial charge in [-0.1, -0.05) is 13.8 Å². The van der Waals surface area contributed by atoms with Gasteiger partial charge in [-0.25, -0.2) is 4.79 Å². The summed E-state index contributed by atoms with van der Waals surface area (Å²) in [5, 5.41) is 15.0. The number of nitrogens with zero attached hydrogens (tertiary/aromatic N) is 2. The molecule has 2 unspecified atom stereocenters. The van der Waals surface area contributed by atoms with Crippen LogP contribution in [0, 0.1) is 23.2 Å². The number of nitriles is 1. The van der Waals surface area contributed by atoms with Gasteiger partial charge in [0.1, 0.15) is 11.1 Å². The van der Waals surface area contributed by atoms with Crippen molar-refractivity contribution >= 4 is 12.0 Å². The Morgan fingerprint density at radius 2 is 1.96 bits per heavy atom. The smallest absolute Gasteiger partial charge is 0.407 e. The largest absolute Gasteiger partial charge is 0.444 e. The molecular weight excluding hydrogens is 332 g/mol. The molecule has 0 aliphatic carbocycles.